The molecule has 0 saturated heterocycles. The van der Waals surface area contributed by atoms with E-state index in [-0.39, 0.29) is 0 Å². The van der Waals surface area contributed by atoms with Crippen LogP contribution >= 0.6 is 0 Å². The lowest BCUT2D eigenvalue weighted by Gasteiger charge is -2.12. The number of anilines is 2. The van der Waals surface area contributed by atoms with Gasteiger partial charge in [-0.3, -0.25) is 0 Å². The molecular weight excluding hydrogens is 226 g/mol. The predicted molar refractivity (Wildman–Crippen MR) is 74.3 cm³/mol. The molecule has 0 saturated carbocycles. The molecule has 0 aliphatic carbocycles. The molecule has 0 unspecified atom stereocenters. The van der Waals surface area contributed by atoms with E-state index in [9.17, 15) is 0 Å². The second-order valence-electron chi connectivity index (χ2n) is 4.30. The van der Waals surface area contributed by atoms with E-state index >= 15 is 0 Å². The van der Waals surface area contributed by atoms with Crippen molar-refractivity contribution >= 4 is 11.5 Å². The number of aromatic nitrogens is 2. The number of nitrogens with zero attached hydrogens (tertiary/aromatic N) is 3. The third-order valence-corrected chi connectivity index (χ3v) is 2.64. The van der Waals surface area contributed by atoms with Crippen molar-refractivity contribution in [2.75, 3.05) is 24.4 Å². The van der Waals surface area contributed by atoms with Crippen molar-refractivity contribution in [3.05, 3.63) is 36.0 Å². The van der Waals surface area contributed by atoms with Gasteiger partial charge < -0.3 is 10.3 Å². The van der Waals surface area contributed by atoms with E-state index in [0.29, 0.717) is 11.6 Å². The Balaban J connectivity index is 2.39. The average Bonchev–Trinajstić information content (AvgIpc) is 2.38. The molecule has 0 radical (unpaired) electrons. The second-order valence-corrected chi connectivity index (χ2v) is 4.30. The number of hydrazine groups is 1. The minimum atomic E-state index is 0.620. The van der Waals surface area contributed by atoms with Crippen molar-refractivity contribution in [3.8, 4) is 11.4 Å². The van der Waals surface area contributed by atoms with E-state index in [1.54, 1.807) is 6.07 Å². The van der Waals surface area contributed by atoms with Crippen molar-refractivity contribution in [1.29, 1.82) is 0 Å². The molecule has 1 aromatic heterocycles. The summed E-state index contributed by atoms with van der Waals surface area (Å²) in [5.41, 5.74) is 5.54. The highest BCUT2D eigenvalue weighted by Crippen LogP contribution is 2.20. The summed E-state index contributed by atoms with van der Waals surface area (Å²) in [5, 5.41) is 0. The number of aryl methyl sites for hydroxylation is 1. The van der Waals surface area contributed by atoms with Crippen LogP contribution in [-0.2, 0) is 0 Å². The summed E-state index contributed by atoms with van der Waals surface area (Å²) >= 11 is 0. The van der Waals surface area contributed by atoms with Gasteiger partial charge in [0.1, 0.15) is 5.82 Å². The van der Waals surface area contributed by atoms with Crippen LogP contribution in [0.2, 0.25) is 0 Å². The van der Waals surface area contributed by atoms with Crippen molar-refractivity contribution in [1.82, 2.24) is 9.97 Å². The number of rotatable bonds is 3. The Morgan fingerprint density at radius 2 is 1.78 bits per heavy atom. The summed E-state index contributed by atoms with van der Waals surface area (Å²) in [5.74, 6) is 6.68. The van der Waals surface area contributed by atoms with Crippen LogP contribution in [0.4, 0.5) is 11.5 Å². The molecule has 0 fully saturated rings. The van der Waals surface area contributed by atoms with E-state index in [0.717, 1.165) is 16.9 Å². The molecule has 0 amide bonds. The number of nitrogen functional groups attached to an aromatic ring is 1. The van der Waals surface area contributed by atoms with E-state index in [2.05, 4.69) is 15.4 Å². The summed E-state index contributed by atoms with van der Waals surface area (Å²) in [7, 11) is 4.02. The zero-order chi connectivity index (χ0) is 13.1. The molecule has 3 N–H and O–H groups in total. The molecular formula is C13H17N5. The maximum atomic E-state index is 5.38. The average molecular weight is 243 g/mol. The van der Waals surface area contributed by atoms with Crippen LogP contribution < -0.4 is 16.2 Å². The second kappa shape index (κ2) is 5.01. The molecule has 2 rings (SSSR count). The first-order valence-corrected chi connectivity index (χ1v) is 5.70. The summed E-state index contributed by atoms with van der Waals surface area (Å²) < 4.78 is 0. The van der Waals surface area contributed by atoms with Gasteiger partial charge in [0.2, 0.25) is 0 Å². The fraction of sp³-hybridized carbons (Fsp3) is 0.231. The quantitative estimate of drug-likeness (QED) is 0.635. The van der Waals surface area contributed by atoms with Gasteiger partial charge in [0.25, 0.3) is 0 Å². The van der Waals surface area contributed by atoms with Crippen molar-refractivity contribution in [2.45, 2.75) is 6.92 Å². The number of benzene rings is 1. The van der Waals surface area contributed by atoms with E-state index < -0.39 is 0 Å². The summed E-state index contributed by atoms with van der Waals surface area (Å²) in [6.07, 6.45) is 0. The van der Waals surface area contributed by atoms with E-state index in [4.69, 9.17) is 5.84 Å². The van der Waals surface area contributed by atoms with Gasteiger partial charge in [0.15, 0.2) is 5.82 Å². The van der Waals surface area contributed by atoms with Gasteiger partial charge in [0, 0.05) is 37.1 Å². The van der Waals surface area contributed by atoms with Crippen LogP contribution in [0.5, 0.6) is 0 Å². The van der Waals surface area contributed by atoms with Gasteiger partial charge in [-0.2, -0.15) is 0 Å². The maximum Gasteiger partial charge on any atom is 0.161 e. The molecule has 0 aliphatic heterocycles. The summed E-state index contributed by atoms with van der Waals surface area (Å²) in [6, 6.07) is 9.89. The van der Waals surface area contributed by atoms with E-state index in [1.165, 1.54) is 0 Å². The Morgan fingerprint density at radius 1 is 1.11 bits per heavy atom. The number of nitrogens with one attached hydrogen (secondary N) is 1. The zero-order valence-corrected chi connectivity index (χ0v) is 10.8. The van der Waals surface area contributed by atoms with Crippen LogP contribution in [0.25, 0.3) is 11.4 Å². The lowest BCUT2D eigenvalue weighted by atomic mass is 10.2. The minimum absolute atomic E-state index is 0.620. The predicted octanol–water partition coefficient (Wildman–Crippen LogP) is 1.80. The molecule has 18 heavy (non-hydrogen) atoms. The molecule has 0 atom stereocenters. The Kier molecular flexibility index (Phi) is 3.43. The lowest BCUT2D eigenvalue weighted by Crippen LogP contribution is -2.10. The number of hydrogen-bond acceptors (Lipinski definition) is 5. The summed E-state index contributed by atoms with van der Waals surface area (Å²) in [6.45, 7) is 1.92. The minimum Gasteiger partial charge on any atom is -0.378 e. The van der Waals surface area contributed by atoms with Gasteiger partial charge in [-0.25, -0.2) is 15.8 Å². The Labute approximate surface area is 107 Å². The molecule has 94 valence electrons. The fourth-order valence-electron chi connectivity index (χ4n) is 1.68. The maximum absolute atomic E-state index is 5.38. The van der Waals surface area contributed by atoms with Crippen LogP contribution in [0.3, 0.4) is 0 Å². The van der Waals surface area contributed by atoms with Crippen LogP contribution in [0.1, 0.15) is 5.69 Å². The molecule has 0 spiro atoms. The zero-order valence-electron chi connectivity index (χ0n) is 10.8. The summed E-state index contributed by atoms with van der Waals surface area (Å²) in [4.78, 5) is 10.8. The first kappa shape index (κ1) is 12.3. The Morgan fingerprint density at radius 3 is 2.33 bits per heavy atom. The Hall–Kier alpha value is -2.14. The molecule has 5 heteroatoms. The van der Waals surface area contributed by atoms with Crippen molar-refractivity contribution in [3.63, 3.8) is 0 Å². The van der Waals surface area contributed by atoms with Gasteiger partial charge in [-0.15, -0.1) is 0 Å². The SMILES string of the molecule is Cc1cc(NN)nc(-c2ccc(N(C)C)cc2)n1. The third-order valence-electron chi connectivity index (χ3n) is 2.64. The van der Waals surface area contributed by atoms with Crippen LogP contribution in [-0.4, -0.2) is 24.1 Å². The highest BCUT2D eigenvalue weighted by atomic mass is 15.3. The first-order valence-electron chi connectivity index (χ1n) is 5.70. The molecule has 5 nitrogen and oxygen atoms in total. The van der Waals surface area contributed by atoms with Crippen molar-refractivity contribution < 1.29 is 0 Å². The monoisotopic (exact) mass is 243 g/mol. The van der Waals surface area contributed by atoms with E-state index in [1.807, 2.05) is 50.2 Å². The highest BCUT2D eigenvalue weighted by molar-refractivity contribution is 5.61. The van der Waals surface area contributed by atoms with Gasteiger partial charge >= 0.3 is 0 Å². The fourth-order valence-corrected chi connectivity index (χ4v) is 1.68. The van der Waals surface area contributed by atoms with Crippen LogP contribution in [0, 0.1) is 6.92 Å². The lowest BCUT2D eigenvalue weighted by molar-refractivity contribution is 1.09. The molecule has 1 aromatic carbocycles. The van der Waals surface area contributed by atoms with Crippen molar-refractivity contribution in [2.24, 2.45) is 5.84 Å². The molecule has 0 aliphatic rings. The number of hydrogen-bond donors (Lipinski definition) is 2. The topological polar surface area (TPSA) is 67.1 Å². The van der Waals surface area contributed by atoms with Gasteiger partial charge in [0.05, 0.1) is 0 Å². The number of nitrogens with two attached hydrogens (primary N) is 1. The van der Waals surface area contributed by atoms with Gasteiger partial charge in [-0.05, 0) is 31.2 Å². The molecule has 1 heterocycles. The third kappa shape index (κ3) is 2.57. The molecule has 0 bridgehead atoms. The normalized spacial score (nSPS) is 10.2. The van der Waals surface area contributed by atoms with Gasteiger partial charge in [-0.1, -0.05) is 0 Å². The standard InChI is InChI=1S/C13H17N5/c1-9-8-12(17-14)16-13(15-9)10-4-6-11(7-5-10)18(2)3/h4-8H,14H2,1-3H3,(H,15,16,17). The Bertz CT molecular complexity index is 534. The smallest absolute Gasteiger partial charge is 0.161 e. The first-order chi connectivity index (χ1) is 8.60. The van der Waals surface area contributed by atoms with Crippen LogP contribution in [0.15, 0.2) is 30.3 Å². The largest absolute Gasteiger partial charge is 0.378 e. The highest BCUT2D eigenvalue weighted by Gasteiger charge is 2.05. The molecule has 2 aromatic rings.